The Labute approximate surface area is 125 Å². The van der Waals surface area contributed by atoms with Gasteiger partial charge in [-0.15, -0.1) is 0 Å². The lowest BCUT2D eigenvalue weighted by Gasteiger charge is -2.10. The zero-order valence-corrected chi connectivity index (χ0v) is 11.6. The van der Waals surface area contributed by atoms with E-state index in [2.05, 4.69) is 5.10 Å². The van der Waals surface area contributed by atoms with Gasteiger partial charge in [0.05, 0.1) is 23.0 Å². The van der Waals surface area contributed by atoms with Gasteiger partial charge >= 0.3 is 5.88 Å². The van der Waals surface area contributed by atoms with Crippen LogP contribution in [0.5, 0.6) is 0 Å². The second-order valence-corrected chi connectivity index (χ2v) is 4.63. The number of furan rings is 1. The summed E-state index contributed by atoms with van der Waals surface area (Å²) in [5.74, 6) is -0.436. The zero-order valence-electron chi connectivity index (χ0n) is 11.6. The molecule has 0 saturated heterocycles. The van der Waals surface area contributed by atoms with E-state index in [-0.39, 0.29) is 17.6 Å². The number of para-hydroxylation sites is 1. The van der Waals surface area contributed by atoms with Crippen molar-refractivity contribution in [2.75, 3.05) is 5.01 Å². The highest BCUT2D eigenvalue weighted by Gasteiger charge is 2.29. The number of benzene rings is 1. The SMILES string of the molecule is CC1=NN(c2ccccc2)C(=O)/C1=C/c1ccc([N+](=O)[O-])o1. The fraction of sp³-hybridized carbons (Fsp3) is 0.0667. The van der Waals surface area contributed by atoms with Crippen molar-refractivity contribution in [1.29, 1.82) is 0 Å². The van der Waals surface area contributed by atoms with Crippen molar-refractivity contribution < 1.29 is 14.1 Å². The first-order valence-electron chi connectivity index (χ1n) is 6.47. The molecule has 0 radical (unpaired) electrons. The third-order valence-corrected chi connectivity index (χ3v) is 3.14. The molecular formula is C15H11N3O4. The van der Waals surface area contributed by atoms with Crippen molar-refractivity contribution in [3.8, 4) is 0 Å². The van der Waals surface area contributed by atoms with Gasteiger partial charge in [-0.05, 0) is 31.2 Å². The number of amides is 1. The lowest BCUT2D eigenvalue weighted by Crippen LogP contribution is -2.21. The number of nitrogens with zero attached hydrogens (tertiary/aromatic N) is 3. The molecule has 7 heteroatoms. The minimum absolute atomic E-state index is 0.236. The molecule has 0 N–H and O–H groups in total. The molecule has 0 atom stereocenters. The van der Waals surface area contributed by atoms with Crippen LogP contribution in [0.25, 0.3) is 6.08 Å². The molecule has 0 aliphatic carbocycles. The molecule has 1 amide bonds. The van der Waals surface area contributed by atoms with Crippen LogP contribution in [0, 0.1) is 10.1 Å². The Morgan fingerprint density at radius 3 is 2.59 bits per heavy atom. The summed E-state index contributed by atoms with van der Waals surface area (Å²) >= 11 is 0. The van der Waals surface area contributed by atoms with Gasteiger partial charge in [0.1, 0.15) is 10.7 Å². The quantitative estimate of drug-likeness (QED) is 0.495. The van der Waals surface area contributed by atoms with E-state index in [0.717, 1.165) is 0 Å². The summed E-state index contributed by atoms with van der Waals surface area (Å²) in [7, 11) is 0. The largest absolute Gasteiger partial charge is 0.433 e. The average Bonchev–Trinajstić information content (AvgIpc) is 3.09. The monoisotopic (exact) mass is 297 g/mol. The molecule has 2 heterocycles. The van der Waals surface area contributed by atoms with Gasteiger partial charge in [0.25, 0.3) is 5.91 Å². The third-order valence-electron chi connectivity index (χ3n) is 3.14. The van der Waals surface area contributed by atoms with Crippen molar-refractivity contribution in [3.05, 3.63) is 63.9 Å². The van der Waals surface area contributed by atoms with Crippen LogP contribution < -0.4 is 5.01 Å². The van der Waals surface area contributed by atoms with Gasteiger partial charge < -0.3 is 4.42 Å². The van der Waals surface area contributed by atoms with Crippen LogP contribution in [0.3, 0.4) is 0 Å². The lowest BCUT2D eigenvalue weighted by atomic mass is 10.1. The Morgan fingerprint density at radius 2 is 1.95 bits per heavy atom. The van der Waals surface area contributed by atoms with Crippen LogP contribution in [0.1, 0.15) is 12.7 Å². The van der Waals surface area contributed by atoms with Crippen LogP contribution in [-0.4, -0.2) is 16.5 Å². The standard InChI is InChI=1S/C15H11N3O4/c1-10-13(9-12-7-8-14(22-12)18(20)21)15(19)17(16-10)11-5-3-2-4-6-11/h2-9H,1H3/b13-9+. The zero-order chi connectivity index (χ0) is 15.7. The van der Waals surface area contributed by atoms with Gasteiger partial charge in [-0.25, -0.2) is 0 Å². The van der Waals surface area contributed by atoms with E-state index in [1.165, 1.54) is 23.2 Å². The van der Waals surface area contributed by atoms with Gasteiger partial charge in [0, 0.05) is 0 Å². The molecule has 0 unspecified atom stereocenters. The Morgan fingerprint density at radius 1 is 1.23 bits per heavy atom. The topological polar surface area (TPSA) is 89.0 Å². The highest BCUT2D eigenvalue weighted by Crippen LogP contribution is 2.26. The molecule has 3 rings (SSSR count). The normalized spacial score (nSPS) is 16.2. The van der Waals surface area contributed by atoms with Crippen molar-refractivity contribution in [3.63, 3.8) is 0 Å². The summed E-state index contributed by atoms with van der Waals surface area (Å²) in [6, 6.07) is 11.7. The maximum absolute atomic E-state index is 12.4. The Hall–Kier alpha value is -3.22. The van der Waals surface area contributed by atoms with Crippen molar-refractivity contribution in [2.24, 2.45) is 5.10 Å². The summed E-state index contributed by atoms with van der Waals surface area (Å²) in [4.78, 5) is 22.4. The fourth-order valence-corrected chi connectivity index (χ4v) is 2.09. The first-order valence-corrected chi connectivity index (χ1v) is 6.47. The Bertz CT molecular complexity index is 805. The molecule has 110 valence electrons. The number of hydrogen-bond donors (Lipinski definition) is 0. The number of carbonyl (C=O) groups excluding carboxylic acids is 1. The lowest BCUT2D eigenvalue weighted by molar-refractivity contribution is -0.402. The van der Waals surface area contributed by atoms with E-state index in [1.807, 2.05) is 18.2 Å². The van der Waals surface area contributed by atoms with Crippen molar-refractivity contribution in [2.45, 2.75) is 6.92 Å². The predicted molar refractivity (Wildman–Crippen MR) is 80.4 cm³/mol. The summed E-state index contributed by atoms with van der Waals surface area (Å²) in [5, 5.41) is 16.1. The minimum atomic E-state index is -0.629. The van der Waals surface area contributed by atoms with E-state index in [1.54, 1.807) is 19.1 Å². The second kappa shape index (κ2) is 5.28. The molecular weight excluding hydrogens is 286 g/mol. The number of rotatable bonds is 3. The van der Waals surface area contributed by atoms with Crippen LogP contribution in [0.2, 0.25) is 0 Å². The first kappa shape index (κ1) is 13.7. The van der Waals surface area contributed by atoms with Gasteiger partial charge in [0.15, 0.2) is 0 Å². The molecule has 0 bridgehead atoms. The summed E-state index contributed by atoms with van der Waals surface area (Å²) in [6.45, 7) is 1.70. The minimum Gasteiger partial charge on any atom is -0.401 e. The molecule has 0 fully saturated rings. The van der Waals surface area contributed by atoms with E-state index < -0.39 is 4.92 Å². The fourth-order valence-electron chi connectivity index (χ4n) is 2.09. The van der Waals surface area contributed by atoms with Gasteiger partial charge in [-0.3, -0.25) is 14.9 Å². The first-order chi connectivity index (χ1) is 10.6. The van der Waals surface area contributed by atoms with Gasteiger partial charge in [-0.2, -0.15) is 10.1 Å². The Kier molecular flexibility index (Phi) is 3.30. The summed E-state index contributed by atoms with van der Waals surface area (Å²) < 4.78 is 5.04. The van der Waals surface area contributed by atoms with Crippen LogP contribution >= 0.6 is 0 Å². The van der Waals surface area contributed by atoms with Crippen LogP contribution in [0.4, 0.5) is 11.6 Å². The predicted octanol–water partition coefficient (Wildman–Crippen LogP) is 2.99. The van der Waals surface area contributed by atoms with E-state index in [0.29, 0.717) is 17.0 Å². The molecule has 0 saturated carbocycles. The van der Waals surface area contributed by atoms with Gasteiger partial charge in [0.2, 0.25) is 0 Å². The van der Waals surface area contributed by atoms with E-state index in [4.69, 9.17) is 4.42 Å². The summed E-state index contributed by atoms with van der Waals surface area (Å²) in [6.07, 6.45) is 1.46. The molecule has 1 aromatic heterocycles. The number of carbonyl (C=O) groups is 1. The van der Waals surface area contributed by atoms with Crippen LogP contribution in [-0.2, 0) is 4.79 Å². The summed E-state index contributed by atoms with van der Waals surface area (Å²) in [5.41, 5.74) is 1.52. The highest BCUT2D eigenvalue weighted by atomic mass is 16.6. The van der Waals surface area contributed by atoms with Crippen molar-refractivity contribution in [1.82, 2.24) is 0 Å². The third kappa shape index (κ3) is 2.39. The number of anilines is 1. The second-order valence-electron chi connectivity index (χ2n) is 4.63. The Balaban J connectivity index is 1.92. The molecule has 0 spiro atoms. The van der Waals surface area contributed by atoms with Crippen LogP contribution in [0.15, 0.2) is 57.6 Å². The molecule has 7 nitrogen and oxygen atoms in total. The molecule has 2 aromatic rings. The van der Waals surface area contributed by atoms with Gasteiger partial charge in [-0.1, -0.05) is 18.2 Å². The average molecular weight is 297 g/mol. The highest BCUT2D eigenvalue weighted by molar-refractivity contribution is 6.32. The van der Waals surface area contributed by atoms with E-state index in [9.17, 15) is 14.9 Å². The smallest absolute Gasteiger partial charge is 0.401 e. The molecule has 1 aromatic carbocycles. The number of hydrazone groups is 1. The number of nitro groups is 1. The number of hydrogen-bond acceptors (Lipinski definition) is 5. The molecule has 22 heavy (non-hydrogen) atoms. The maximum Gasteiger partial charge on any atom is 0.433 e. The van der Waals surface area contributed by atoms with Crippen molar-refractivity contribution >= 4 is 29.3 Å². The molecule has 1 aliphatic rings. The maximum atomic E-state index is 12.4. The van der Waals surface area contributed by atoms with E-state index >= 15 is 0 Å². The molecule has 1 aliphatic heterocycles.